The van der Waals surface area contributed by atoms with E-state index in [0.717, 1.165) is 12.1 Å². The molecular weight excluding hydrogens is 506 g/mol. The molecule has 33 heavy (non-hydrogen) atoms. The summed E-state index contributed by atoms with van der Waals surface area (Å²) < 4.78 is 42.9. The van der Waals surface area contributed by atoms with Crippen LogP contribution in [0.15, 0.2) is 35.3 Å². The number of hydrogen-bond donors (Lipinski definition) is 1. The molecule has 12 heteroatoms. The maximum atomic E-state index is 14.3. The minimum absolute atomic E-state index is 0.0556. The van der Waals surface area contributed by atoms with Crippen molar-refractivity contribution in [3.63, 3.8) is 0 Å². The molecule has 3 rings (SSSR count). The summed E-state index contributed by atoms with van der Waals surface area (Å²) in [6.45, 7) is 0.922. The number of carbonyl (C=O) groups is 1. The Morgan fingerprint density at radius 1 is 1.21 bits per heavy atom. The normalized spacial score (nSPS) is 18.2. The summed E-state index contributed by atoms with van der Waals surface area (Å²) in [5.74, 6) is -0.288. The number of aliphatic imine (C=N–C) groups is 1. The Labute approximate surface area is 201 Å². The van der Waals surface area contributed by atoms with Crippen molar-refractivity contribution in [2.75, 3.05) is 6.54 Å². The van der Waals surface area contributed by atoms with Gasteiger partial charge in [-0.25, -0.2) is 0 Å². The number of nitrogens with one attached hydrogen (secondary N) is 1. The molecule has 2 aromatic carbocycles. The van der Waals surface area contributed by atoms with Gasteiger partial charge in [-0.05, 0) is 23.8 Å². The summed E-state index contributed by atoms with van der Waals surface area (Å²) in [4.78, 5) is 26.5. The summed E-state index contributed by atoms with van der Waals surface area (Å²) >= 11 is 17.8. The number of rotatable bonds is 6. The van der Waals surface area contributed by atoms with Gasteiger partial charge in [-0.15, -0.1) is 0 Å². The Balaban J connectivity index is 1.98. The van der Waals surface area contributed by atoms with E-state index in [2.05, 4.69) is 10.3 Å². The number of nitro benzene ring substituents is 1. The molecule has 0 saturated heterocycles. The first-order valence-corrected chi connectivity index (χ1v) is 10.8. The summed E-state index contributed by atoms with van der Waals surface area (Å²) in [5, 5.41) is 13.8. The molecule has 1 amide bonds. The average molecular weight is 523 g/mol. The number of nitro groups is 1. The molecule has 0 fully saturated rings. The van der Waals surface area contributed by atoms with Gasteiger partial charge >= 0.3 is 6.18 Å². The quantitative estimate of drug-likeness (QED) is 0.275. The van der Waals surface area contributed by atoms with Crippen LogP contribution in [0.5, 0.6) is 0 Å². The summed E-state index contributed by atoms with van der Waals surface area (Å²) in [6.07, 6.45) is -5.07. The topological polar surface area (TPSA) is 84.6 Å². The third kappa shape index (κ3) is 4.95. The third-order valence-electron chi connectivity index (χ3n) is 5.50. The third-order valence-corrected chi connectivity index (χ3v) is 6.70. The van der Waals surface area contributed by atoms with Crippen molar-refractivity contribution >= 4 is 52.1 Å². The molecular formula is C21H17Cl3F3N3O3. The summed E-state index contributed by atoms with van der Waals surface area (Å²) in [6, 6.07) is 6.25. The van der Waals surface area contributed by atoms with Crippen LogP contribution < -0.4 is 5.32 Å². The van der Waals surface area contributed by atoms with Crippen molar-refractivity contribution in [3.8, 4) is 0 Å². The molecule has 2 aromatic rings. The molecule has 0 spiro atoms. The van der Waals surface area contributed by atoms with E-state index < -0.39 is 29.5 Å². The van der Waals surface area contributed by atoms with Crippen LogP contribution in [0.4, 0.5) is 18.9 Å². The molecule has 1 aliphatic heterocycles. The van der Waals surface area contributed by atoms with E-state index in [0.29, 0.717) is 0 Å². The zero-order valence-electron chi connectivity index (χ0n) is 17.1. The molecule has 1 heterocycles. The van der Waals surface area contributed by atoms with E-state index in [1.54, 1.807) is 6.92 Å². The lowest BCUT2D eigenvalue weighted by Crippen LogP contribution is -2.43. The highest BCUT2D eigenvalue weighted by Gasteiger charge is 2.58. The smallest absolute Gasteiger partial charge is 0.352 e. The van der Waals surface area contributed by atoms with Crippen LogP contribution in [0.2, 0.25) is 15.1 Å². The van der Waals surface area contributed by atoms with Crippen LogP contribution in [-0.2, 0) is 16.8 Å². The van der Waals surface area contributed by atoms with Crippen LogP contribution in [-0.4, -0.2) is 29.3 Å². The molecule has 0 saturated carbocycles. The van der Waals surface area contributed by atoms with E-state index in [1.165, 1.54) is 18.2 Å². The molecule has 6 nitrogen and oxygen atoms in total. The summed E-state index contributed by atoms with van der Waals surface area (Å²) in [7, 11) is 0. The maximum Gasteiger partial charge on any atom is 0.400 e. The predicted octanol–water partition coefficient (Wildman–Crippen LogP) is 6.27. The second kappa shape index (κ2) is 9.48. The predicted molar refractivity (Wildman–Crippen MR) is 120 cm³/mol. The van der Waals surface area contributed by atoms with E-state index >= 15 is 0 Å². The van der Waals surface area contributed by atoms with Crippen molar-refractivity contribution in [2.45, 2.75) is 37.9 Å². The molecule has 0 bridgehead atoms. The van der Waals surface area contributed by atoms with Crippen LogP contribution in [0.3, 0.4) is 0 Å². The SMILES string of the molecule is CCC(=O)NCc1ccc(C2=NCC(c3cc(Cl)c(Cl)c(Cl)c3)(C(F)(F)F)C2)cc1[N+](=O)[O-]. The average Bonchev–Trinajstić information content (AvgIpc) is 3.22. The van der Waals surface area contributed by atoms with Crippen molar-refractivity contribution in [2.24, 2.45) is 4.99 Å². The largest absolute Gasteiger partial charge is 0.400 e. The number of hydrogen-bond acceptors (Lipinski definition) is 4. The molecule has 1 atom stereocenters. The van der Waals surface area contributed by atoms with Gasteiger partial charge in [0.1, 0.15) is 5.41 Å². The highest BCUT2D eigenvalue weighted by molar-refractivity contribution is 6.48. The first-order chi connectivity index (χ1) is 15.4. The first kappa shape index (κ1) is 25.3. The lowest BCUT2D eigenvalue weighted by atomic mass is 9.76. The number of halogens is 6. The van der Waals surface area contributed by atoms with Crippen molar-refractivity contribution in [3.05, 3.63) is 72.2 Å². The van der Waals surface area contributed by atoms with Crippen LogP contribution >= 0.6 is 34.8 Å². The zero-order chi connectivity index (χ0) is 24.6. The van der Waals surface area contributed by atoms with Gasteiger partial charge in [0.15, 0.2) is 0 Å². The minimum Gasteiger partial charge on any atom is -0.352 e. The Bertz CT molecular complexity index is 1130. The van der Waals surface area contributed by atoms with Gasteiger partial charge in [0, 0.05) is 42.3 Å². The highest BCUT2D eigenvalue weighted by Crippen LogP contribution is 2.49. The van der Waals surface area contributed by atoms with Crippen molar-refractivity contribution in [1.29, 1.82) is 0 Å². The number of benzene rings is 2. The Morgan fingerprint density at radius 2 is 1.85 bits per heavy atom. The van der Waals surface area contributed by atoms with Gasteiger partial charge < -0.3 is 5.32 Å². The van der Waals surface area contributed by atoms with Crippen LogP contribution in [0.1, 0.15) is 36.5 Å². The number of nitrogens with zero attached hydrogens (tertiary/aromatic N) is 2. The fraction of sp³-hybridized carbons (Fsp3) is 0.333. The summed E-state index contributed by atoms with van der Waals surface area (Å²) in [5.41, 5.74) is -2.47. The Hall–Kier alpha value is -2.36. The van der Waals surface area contributed by atoms with Gasteiger partial charge in [-0.1, -0.05) is 47.8 Å². The molecule has 1 unspecified atom stereocenters. The molecule has 1 aliphatic rings. The molecule has 0 aromatic heterocycles. The van der Waals surface area contributed by atoms with Crippen molar-refractivity contribution < 1.29 is 22.9 Å². The highest BCUT2D eigenvalue weighted by atomic mass is 35.5. The second-order valence-electron chi connectivity index (χ2n) is 7.50. The molecule has 0 radical (unpaired) electrons. The van der Waals surface area contributed by atoms with Gasteiger partial charge in [0.25, 0.3) is 5.69 Å². The van der Waals surface area contributed by atoms with E-state index in [1.807, 2.05) is 0 Å². The molecule has 1 N–H and O–H groups in total. The Morgan fingerprint density at radius 3 is 2.39 bits per heavy atom. The molecule has 0 aliphatic carbocycles. The van der Waals surface area contributed by atoms with Crippen LogP contribution in [0, 0.1) is 10.1 Å². The lowest BCUT2D eigenvalue weighted by molar-refractivity contribution is -0.385. The van der Waals surface area contributed by atoms with Gasteiger partial charge in [-0.2, -0.15) is 13.2 Å². The van der Waals surface area contributed by atoms with E-state index in [4.69, 9.17) is 34.8 Å². The Kier molecular flexibility index (Phi) is 7.26. The van der Waals surface area contributed by atoms with Gasteiger partial charge in [0.2, 0.25) is 5.91 Å². The number of carbonyl (C=O) groups excluding carboxylic acids is 1. The standard InChI is InChI=1S/C21H17Cl3F3N3O3/c1-2-18(31)28-9-12-4-3-11(5-17(12)30(32)33)16-8-20(10-29-16,21(25,26)27)13-6-14(22)19(24)15(23)7-13/h3-7H,2,8-10H2,1H3,(H,28,31). The minimum atomic E-state index is -4.71. The lowest BCUT2D eigenvalue weighted by Gasteiger charge is -2.32. The fourth-order valence-corrected chi connectivity index (χ4v) is 4.18. The maximum absolute atomic E-state index is 14.3. The first-order valence-electron chi connectivity index (χ1n) is 9.69. The van der Waals surface area contributed by atoms with Crippen LogP contribution in [0.25, 0.3) is 0 Å². The van der Waals surface area contributed by atoms with E-state index in [-0.39, 0.29) is 62.0 Å². The number of alkyl halides is 3. The monoisotopic (exact) mass is 521 g/mol. The van der Waals surface area contributed by atoms with Crippen molar-refractivity contribution in [1.82, 2.24) is 5.32 Å². The van der Waals surface area contributed by atoms with Gasteiger partial charge in [0.05, 0.1) is 26.5 Å². The number of amides is 1. The van der Waals surface area contributed by atoms with E-state index in [9.17, 15) is 28.1 Å². The fourth-order valence-electron chi connectivity index (χ4n) is 3.58. The molecule has 176 valence electrons. The van der Waals surface area contributed by atoms with Gasteiger partial charge in [-0.3, -0.25) is 19.9 Å². The second-order valence-corrected chi connectivity index (χ2v) is 8.70. The zero-order valence-corrected chi connectivity index (χ0v) is 19.4.